The molecule has 76 valence electrons. The number of pyridine rings is 1. The predicted molar refractivity (Wildman–Crippen MR) is 48.6 cm³/mol. The number of carbonyl (C=O) groups is 1. The van der Waals surface area contributed by atoms with E-state index < -0.39 is 19.8 Å². The first-order valence-corrected chi connectivity index (χ1v) is 5.51. The number of hydrogen-bond acceptors (Lipinski definition) is 3. The molecule has 0 unspecified atom stereocenters. The molecule has 0 saturated carbocycles. The Balaban J connectivity index is 0.00000196. The van der Waals surface area contributed by atoms with Crippen LogP contribution in [0.5, 0.6) is 0 Å². The molecule has 1 aromatic heterocycles. The van der Waals surface area contributed by atoms with Crippen molar-refractivity contribution in [2.75, 3.05) is 6.29 Å². The second kappa shape index (κ2) is 6.37. The summed E-state index contributed by atoms with van der Waals surface area (Å²) >= 11 is 0. The van der Waals surface area contributed by atoms with Crippen molar-refractivity contribution in [1.29, 1.82) is 0 Å². The normalized spacial score (nSPS) is 10.3. The first-order valence-electron chi connectivity index (χ1n) is 3.72. The largest absolute Gasteiger partial charge is 1.00 e. The van der Waals surface area contributed by atoms with Gasteiger partial charge in [0.15, 0.2) is 0 Å². The van der Waals surface area contributed by atoms with Crippen LogP contribution in [-0.2, 0) is 4.57 Å². The Kier molecular flexibility index (Phi) is 6.28. The van der Waals surface area contributed by atoms with E-state index in [4.69, 9.17) is 9.79 Å². The summed E-state index contributed by atoms with van der Waals surface area (Å²) in [6.07, 6.45) is 2.15. The molecule has 6 nitrogen and oxygen atoms in total. The van der Waals surface area contributed by atoms with Gasteiger partial charge in [-0.15, -0.1) is 0 Å². The number of nitrogens with one attached hydrogen (secondary N) is 1. The molecule has 0 aliphatic heterocycles. The first-order chi connectivity index (χ1) is 6.49. The van der Waals surface area contributed by atoms with Gasteiger partial charge in [0.1, 0.15) is 6.29 Å². The number of hydrogen-bond donors (Lipinski definition) is 3. The Morgan fingerprint density at radius 3 is 2.67 bits per heavy atom. The van der Waals surface area contributed by atoms with E-state index in [-0.39, 0.29) is 35.1 Å². The summed E-state index contributed by atoms with van der Waals surface area (Å²) in [5.41, 5.74) is 0.265. The van der Waals surface area contributed by atoms with E-state index in [2.05, 4.69) is 10.3 Å². The summed E-state index contributed by atoms with van der Waals surface area (Å²) in [6.45, 7) is 0. The third-order valence-electron chi connectivity index (χ3n) is 1.37. The fraction of sp³-hybridized carbons (Fsp3) is 0.143. The quantitative estimate of drug-likeness (QED) is 0.384. The summed E-state index contributed by atoms with van der Waals surface area (Å²) in [7, 11) is -4.19. The van der Waals surface area contributed by atoms with Gasteiger partial charge in [0.25, 0.3) is 5.91 Å². The van der Waals surface area contributed by atoms with E-state index in [1.54, 1.807) is 6.07 Å². The molecule has 0 bridgehead atoms. The zero-order valence-electron chi connectivity index (χ0n) is 8.12. The van der Waals surface area contributed by atoms with Crippen LogP contribution < -0.4 is 34.9 Å². The molecular formula is C7H9N2NaO4P+. The van der Waals surface area contributed by atoms with Crippen molar-refractivity contribution in [2.24, 2.45) is 0 Å². The molecule has 0 aromatic carbocycles. The smallest absolute Gasteiger partial charge is 0.340 e. The van der Waals surface area contributed by atoms with E-state index in [1.165, 1.54) is 18.5 Å². The summed E-state index contributed by atoms with van der Waals surface area (Å²) in [5, 5.41) is 2.10. The van der Waals surface area contributed by atoms with Crippen LogP contribution in [0.1, 0.15) is 10.4 Å². The van der Waals surface area contributed by atoms with E-state index in [1.807, 2.05) is 0 Å². The fourth-order valence-corrected chi connectivity index (χ4v) is 1.12. The molecule has 8 heteroatoms. The predicted octanol–water partition coefficient (Wildman–Crippen LogP) is -3.05. The first kappa shape index (κ1) is 14.8. The monoisotopic (exact) mass is 239 g/mol. The van der Waals surface area contributed by atoms with E-state index in [0.29, 0.717) is 0 Å². The number of nitrogens with zero attached hydrogens (tertiary/aromatic N) is 1. The minimum atomic E-state index is -4.19. The Morgan fingerprint density at radius 2 is 2.20 bits per heavy atom. The average Bonchev–Trinajstić information content (AvgIpc) is 2.14. The average molecular weight is 239 g/mol. The van der Waals surface area contributed by atoms with E-state index >= 15 is 0 Å². The molecule has 1 heterocycles. The molecular weight excluding hydrogens is 230 g/mol. The fourth-order valence-electron chi connectivity index (χ4n) is 0.774. The molecule has 0 aliphatic carbocycles. The van der Waals surface area contributed by atoms with E-state index in [0.717, 1.165) is 0 Å². The van der Waals surface area contributed by atoms with Crippen molar-refractivity contribution in [3.05, 3.63) is 30.1 Å². The van der Waals surface area contributed by atoms with Crippen molar-refractivity contribution >= 4 is 13.5 Å². The van der Waals surface area contributed by atoms with Gasteiger partial charge in [-0.25, -0.2) is 0 Å². The van der Waals surface area contributed by atoms with Gasteiger partial charge in [0.05, 0.1) is 5.56 Å². The standard InChI is InChI=1S/C7H9N2O4P.Na/c10-7(9-5-14(11,12)13)6-2-1-3-8-4-6;/h1-4H,5H2,(H,9,10)(H2,11,12,13);/q;+1. The third-order valence-corrected chi connectivity index (χ3v) is 1.94. The van der Waals surface area contributed by atoms with Crippen LogP contribution in [0.25, 0.3) is 0 Å². The maximum atomic E-state index is 11.2. The van der Waals surface area contributed by atoms with Gasteiger partial charge in [-0.3, -0.25) is 14.3 Å². The number of aromatic nitrogens is 1. The minimum absolute atomic E-state index is 0. The molecule has 1 amide bonds. The topological polar surface area (TPSA) is 99.5 Å². The van der Waals surface area contributed by atoms with Crippen molar-refractivity contribution in [2.45, 2.75) is 0 Å². The molecule has 0 saturated heterocycles. The van der Waals surface area contributed by atoms with Gasteiger partial charge in [0, 0.05) is 12.4 Å². The van der Waals surface area contributed by atoms with Crippen molar-refractivity contribution in [1.82, 2.24) is 10.3 Å². The molecule has 0 radical (unpaired) electrons. The molecule has 3 N–H and O–H groups in total. The SMILES string of the molecule is O=C(NCP(=O)(O)O)c1cccnc1.[Na+]. The minimum Gasteiger partial charge on any atom is -0.340 e. The molecule has 0 fully saturated rings. The Hall–Kier alpha value is -0.230. The van der Waals surface area contributed by atoms with Gasteiger partial charge in [-0.2, -0.15) is 0 Å². The molecule has 15 heavy (non-hydrogen) atoms. The Morgan fingerprint density at radius 1 is 1.53 bits per heavy atom. The Labute approximate surface area is 109 Å². The summed E-state index contributed by atoms with van der Waals surface area (Å²) in [5.74, 6) is -0.554. The van der Waals surface area contributed by atoms with Crippen LogP contribution in [0.4, 0.5) is 0 Å². The summed E-state index contributed by atoms with van der Waals surface area (Å²) in [4.78, 5) is 31.9. The van der Waals surface area contributed by atoms with Gasteiger partial charge < -0.3 is 15.1 Å². The number of amides is 1. The zero-order chi connectivity index (χ0) is 10.6. The third kappa shape index (κ3) is 6.04. The van der Waals surface area contributed by atoms with Crippen molar-refractivity contribution in [3.63, 3.8) is 0 Å². The summed E-state index contributed by atoms with van der Waals surface area (Å²) in [6, 6.07) is 3.06. The van der Waals surface area contributed by atoms with Crippen LogP contribution in [0.2, 0.25) is 0 Å². The van der Waals surface area contributed by atoms with Gasteiger partial charge >= 0.3 is 37.2 Å². The van der Waals surface area contributed by atoms with Crippen LogP contribution in [0.15, 0.2) is 24.5 Å². The zero-order valence-corrected chi connectivity index (χ0v) is 11.0. The molecule has 0 aliphatic rings. The number of rotatable bonds is 3. The maximum absolute atomic E-state index is 11.2. The maximum Gasteiger partial charge on any atom is 1.00 e. The molecule has 0 atom stereocenters. The van der Waals surface area contributed by atoms with Gasteiger partial charge in [-0.1, -0.05) is 0 Å². The molecule has 0 spiro atoms. The molecule has 1 rings (SSSR count). The Bertz CT molecular complexity index is 367. The van der Waals surface area contributed by atoms with Crippen molar-refractivity contribution < 1.29 is 48.7 Å². The second-order valence-corrected chi connectivity index (χ2v) is 4.22. The summed E-state index contributed by atoms with van der Waals surface area (Å²) < 4.78 is 10.4. The van der Waals surface area contributed by atoms with Gasteiger partial charge in [0.2, 0.25) is 0 Å². The van der Waals surface area contributed by atoms with Crippen LogP contribution in [0.3, 0.4) is 0 Å². The van der Waals surface area contributed by atoms with Crippen LogP contribution >= 0.6 is 7.60 Å². The number of carbonyl (C=O) groups excluding carboxylic acids is 1. The van der Waals surface area contributed by atoms with Gasteiger partial charge in [-0.05, 0) is 12.1 Å². The molecule has 1 aromatic rings. The van der Waals surface area contributed by atoms with Crippen molar-refractivity contribution in [3.8, 4) is 0 Å². The van der Waals surface area contributed by atoms with Crippen LogP contribution in [-0.4, -0.2) is 27.0 Å². The van der Waals surface area contributed by atoms with Crippen LogP contribution in [0, 0.1) is 0 Å². The van der Waals surface area contributed by atoms with E-state index in [9.17, 15) is 9.36 Å². The second-order valence-electron chi connectivity index (χ2n) is 2.57.